The summed E-state index contributed by atoms with van der Waals surface area (Å²) >= 11 is 0. The molecule has 0 saturated heterocycles. The van der Waals surface area contributed by atoms with Gasteiger partial charge in [-0.1, -0.05) is 18.2 Å². The Bertz CT molecular complexity index is 872. The number of fused-ring (bicyclic) bond motifs is 2. The number of nitrogens with zero attached hydrogens (tertiary/aromatic N) is 2. The van der Waals surface area contributed by atoms with Crippen LogP contribution in [0.4, 0.5) is 5.82 Å². The number of aromatic nitrogens is 3. The highest BCUT2D eigenvalue weighted by molar-refractivity contribution is 5.93. The minimum absolute atomic E-state index is 0.0849. The molecule has 1 aliphatic rings. The smallest absolute Gasteiger partial charge is 0.230 e. The van der Waals surface area contributed by atoms with Crippen molar-refractivity contribution >= 4 is 22.5 Å². The molecular weight excluding hydrogens is 292 g/mol. The number of carbonyl (C=O) groups excluding carboxylic acids is 1. The molecule has 2 N–H and O–H groups in total. The fourth-order valence-electron chi connectivity index (χ4n) is 2.82. The third kappa shape index (κ3) is 2.80. The van der Waals surface area contributed by atoms with E-state index in [-0.39, 0.29) is 5.91 Å². The minimum Gasteiger partial charge on any atom is -0.376 e. The number of benzene rings is 1. The first-order chi connectivity index (χ1) is 11.3. The highest BCUT2D eigenvalue weighted by atomic mass is 16.5. The number of aromatic amines is 1. The van der Waals surface area contributed by atoms with Gasteiger partial charge in [-0.05, 0) is 17.0 Å². The largest absolute Gasteiger partial charge is 0.376 e. The number of carbonyl (C=O) groups is 1. The zero-order chi connectivity index (χ0) is 15.6. The van der Waals surface area contributed by atoms with Gasteiger partial charge < -0.3 is 10.1 Å². The molecule has 2 aromatic heterocycles. The highest BCUT2D eigenvalue weighted by Gasteiger charge is 2.18. The number of anilines is 1. The molecule has 0 atom stereocenters. The summed E-state index contributed by atoms with van der Waals surface area (Å²) in [7, 11) is 0. The molecule has 3 heterocycles. The number of amides is 1. The fraction of sp³-hybridized carbons (Fsp3) is 0.235. The second-order valence-corrected chi connectivity index (χ2v) is 5.61. The lowest BCUT2D eigenvalue weighted by molar-refractivity contribution is -0.115. The van der Waals surface area contributed by atoms with Gasteiger partial charge in [0.25, 0.3) is 0 Å². The Balaban J connectivity index is 1.50. The summed E-state index contributed by atoms with van der Waals surface area (Å²) in [6.07, 6.45) is 4.68. The lowest BCUT2D eigenvalue weighted by Crippen LogP contribution is -2.17. The van der Waals surface area contributed by atoms with Crippen LogP contribution >= 0.6 is 0 Å². The molecule has 4 rings (SSSR count). The van der Waals surface area contributed by atoms with E-state index in [1.807, 2.05) is 30.5 Å². The van der Waals surface area contributed by atoms with Crippen LogP contribution in [0.15, 0.2) is 36.7 Å². The lowest BCUT2D eigenvalue weighted by atomic mass is 10.1. The zero-order valence-electron chi connectivity index (χ0n) is 12.5. The maximum Gasteiger partial charge on any atom is 0.230 e. The SMILES string of the molecule is O=C(Cc1ccc2cnccc2c1)Nc1n[nH]c2c1COCC2. The van der Waals surface area contributed by atoms with E-state index < -0.39 is 0 Å². The third-order valence-corrected chi connectivity index (χ3v) is 4.02. The van der Waals surface area contributed by atoms with Crippen molar-refractivity contribution in [3.63, 3.8) is 0 Å². The molecule has 23 heavy (non-hydrogen) atoms. The van der Waals surface area contributed by atoms with Crippen LogP contribution in [-0.4, -0.2) is 27.7 Å². The first-order valence-corrected chi connectivity index (χ1v) is 7.56. The monoisotopic (exact) mass is 308 g/mol. The van der Waals surface area contributed by atoms with Crippen LogP contribution < -0.4 is 5.32 Å². The van der Waals surface area contributed by atoms with Crippen molar-refractivity contribution in [2.45, 2.75) is 19.4 Å². The van der Waals surface area contributed by atoms with Crippen molar-refractivity contribution in [2.75, 3.05) is 11.9 Å². The fourth-order valence-corrected chi connectivity index (χ4v) is 2.82. The molecule has 0 saturated carbocycles. The molecule has 1 amide bonds. The molecule has 3 aromatic rings. The van der Waals surface area contributed by atoms with E-state index >= 15 is 0 Å². The average Bonchev–Trinajstić information content (AvgIpc) is 2.98. The van der Waals surface area contributed by atoms with Crippen LogP contribution in [-0.2, 0) is 29.0 Å². The van der Waals surface area contributed by atoms with Crippen LogP contribution in [0.1, 0.15) is 16.8 Å². The van der Waals surface area contributed by atoms with Crippen LogP contribution in [0.5, 0.6) is 0 Å². The third-order valence-electron chi connectivity index (χ3n) is 4.02. The summed E-state index contributed by atoms with van der Waals surface area (Å²) < 4.78 is 5.43. The first-order valence-electron chi connectivity index (χ1n) is 7.56. The molecule has 1 aromatic carbocycles. The molecule has 0 fully saturated rings. The summed E-state index contributed by atoms with van der Waals surface area (Å²) in [6.45, 7) is 1.18. The highest BCUT2D eigenvalue weighted by Crippen LogP contribution is 2.22. The second-order valence-electron chi connectivity index (χ2n) is 5.61. The predicted octanol–water partition coefficient (Wildman–Crippen LogP) is 2.21. The topological polar surface area (TPSA) is 79.9 Å². The van der Waals surface area contributed by atoms with Gasteiger partial charge in [0.15, 0.2) is 5.82 Å². The van der Waals surface area contributed by atoms with Crippen LogP contribution in [0.3, 0.4) is 0 Å². The Morgan fingerprint density at radius 2 is 2.26 bits per heavy atom. The Hall–Kier alpha value is -2.73. The number of hydrogen-bond donors (Lipinski definition) is 2. The number of hydrogen-bond acceptors (Lipinski definition) is 4. The molecule has 0 spiro atoms. The zero-order valence-corrected chi connectivity index (χ0v) is 12.5. The van der Waals surface area contributed by atoms with Gasteiger partial charge >= 0.3 is 0 Å². The average molecular weight is 308 g/mol. The molecule has 0 unspecified atom stereocenters. The number of nitrogens with one attached hydrogen (secondary N) is 2. The molecule has 0 radical (unpaired) electrons. The van der Waals surface area contributed by atoms with E-state index in [2.05, 4.69) is 20.5 Å². The van der Waals surface area contributed by atoms with E-state index in [9.17, 15) is 4.79 Å². The van der Waals surface area contributed by atoms with Crippen molar-refractivity contribution in [3.05, 3.63) is 53.5 Å². The van der Waals surface area contributed by atoms with Gasteiger partial charge in [-0.15, -0.1) is 0 Å². The summed E-state index contributed by atoms with van der Waals surface area (Å²) in [5.41, 5.74) is 2.96. The van der Waals surface area contributed by atoms with Gasteiger partial charge in [0, 0.05) is 35.5 Å². The number of ether oxygens (including phenoxy) is 1. The van der Waals surface area contributed by atoms with E-state index in [1.54, 1.807) is 6.20 Å². The Kier molecular flexibility index (Phi) is 3.51. The van der Waals surface area contributed by atoms with Gasteiger partial charge in [-0.2, -0.15) is 5.10 Å². The molecule has 6 heteroatoms. The normalized spacial score (nSPS) is 13.7. The standard InChI is InChI=1S/C17H16N4O2/c22-16(19-17-14-10-23-6-4-15(14)20-21-17)8-11-1-2-13-9-18-5-3-12(13)7-11/h1-3,5,7,9H,4,6,8,10H2,(H2,19,20,21,22). The van der Waals surface area contributed by atoms with E-state index in [1.165, 1.54) is 0 Å². The summed E-state index contributed by atoms with van der Waals surface area (Å²) in [5, 5.41) is 12.2. The number of rotatable bonds is 3. The second kappa shape index (κ2) is 5.81. The molecule has 6 nitrogen and oxygen atoms in total. The summed E-state index contributed by atoms with van der Waals surface area (Å²) in [5.74, 6) is 0.493. The maximum absolute atomic E-state index is 12.3. The predicted molar refractivity (Wildman–Crippen MR) is 86.0 cm³/mol. The van der Waals surface area contributed by atoms with Gasteiger partial charge in [-0.25, -0.2) is 0 Å². The van der Waals surface area contributed by atoms with Crippen molar-refractivity contribution in [1.82, 2.24) is 15.2 Å². The number of H-pyrrole nitrogens is 1. The van der Waals surface area contributed by atoms with Crippen molar-refractivity contribution in [3.8, 4) is 0 Å². The van der Waals surface area contributed by atoms with E-state index in [4.69, 9.17) is 4.74 Å². The van der Waals surface area contributed by atoms with Gasteiger partial charge in [0.1, 0.15) is 0 Å². The van der Waals surface area contributed by atoms with Crippen molar-refractivity contribution < 1.29 is 9.53 Å². The number of pyridine rings is 1. The van der Waals surface area contributed by atoms with Gasteiger partial charge in [-0.3, -0.25) is 14.9 Å². The van der Waals surface area contributed by atoms with Crippen LogP contribution in [0, 0.1) is 0 Å². The molecular formula is C17H16N4O2. The Morgan fingerprint density at radius 3 is 3.22 bits per heavy atom. The van der Waals surface area contributed by atoms with E-state index in [0.29, 0.717) is 25.5 Å². The van der Waals surface area contributed by atoms with Crippen LogP contribution in [0.2, 0.25) is 0 Å². The van der Waals surface area contributed by atoms with Gasteiger partial charge in [0.2, 0.25) is 5.91 Å². The molecule has 1 aliphatic heterocycles. The van der Waals surface area contributed by atoms with Crippen molar-refractivity contribution in [1.29, 1.82) is 0 Å². The molecule has 0 bridgehead atoms. The Morgan fingerprint density at radius 1 is 1.30 bits per heavy atom. The van der Waals surface area contributed by atoms with Gasteiger partial charge in [0.05, 0.1) is 19.6 Å². The van der Waals surface area contributed by atoms with Crippen molar-refractivity contribution in [2.24, 2.45) is 0 Å². The Labute approximate surface area is 132 Å². The molecule has 116 valence electrons. The summed E-state index contributed by atoms with van der Waals surface area (Å²) in [6, 6.07) is 7.89. The summed E-state index contributed by atoms with van der Waals surface area (Å²) in [4.78, 5) is 16.4. The maximum atomic E-state index is 12.3. The quantitative estimate of drug-likeness (QED) is 0.777. The first kappa shape index (κ1) is 13.9. The molecule has 0 aliphatic carbocycles. The lowest BCUT2D eigenvalue weighted by Gasteiger charge is -2.12. The van der Waals surface area contributed by atoms with E-state index in [0.717, 1.165) is 34.0 Å². The van der Waals surface area contributed by atoms with Crippen LogP contribution in [0.25, 0.3) is 10.8 Å². The minimum atomic E-state index is -0.0849.